The first kappa shape index (κ1) is 20.2. The minimum Gasteiger partial charge on any atom is -0.330 e. The number of nitrogens with one attached hydrogen (secondary N) is 1. The fraction of sp³-hybridized carbons (Fsp3) is 0.588. The van der Waals surface area contributed by atoms with E-state index in [0.29, 0.717) is 17.3 Å². The van der Waals surface area contributed by atoms with Gasteiger partial charge in [-0.15, -0.1) is 12.4 Å². The Kier molecular flexibility index (Phi) is 6.90. The maximum absolute atomic E-state index is 12.5. The van der Waals surface area contributed by atoms with Gasteiger partial charge in [-0.05, 0) is 62.9 Å². The zero-order valence-electron chi connectivity index (χ0n) is 14.3. The number of nitrogens with two attached hydrogens (primary N) is 1. The van der Waals surface area contributed by atoms with Gasteiger partial charge in [0.25, 0.3) is 0 Å². The molecule has 3 N–H and O–H groups in total. The van der Waals surface area contributed by atoms with Crippen LogP contribution in [0.15, 0.2) is 12.1 Å². The summed E-state index contributed by atoms with van der Waals surface area (Å²) in [4.78, 5) is 14.7. The third-order valence-electron chi connectivity index (χ3n) is 4.69. The number of benzene rings is 1. The summed E-state index contributed by atoms with van der Waals surface area (Å²) in [6.45, 7) is 10.5. The summed E-state index contributed by atoms with van der Waals surface area (Å²) in [5.74, 6) is -0.0184. The lowest BCUT2D eigenvalue weighted by atomic mass is 9.90. The first-order valence-corrected chi connectivity index (χ1v) is 8.15. The third kappa shape index (κ3) is 4.60. The average Bonchev–Trinajstić information content (AvgIpc) is 2.85. The lowest BCUT2D eigenvalue weighted by Crippen LogP contribution is -2.42. The Bertz CT molecular complexity index is 556. The van der Waals surface area contributed by atoms with Gasteiger partial charge in [0, 0.05) is 6.54 Å². The van der Waals surface area contributed by atoms with Crippen LogP contribution in [0.4, 0.5) is 5.69 Å². The number of hydrogen-bond donors (Lipinski definition) is 2. The van der Waals surface area contributed by atoms with Crippen molar-refractivity contribution in [1.29, 1.82) is 0 Å². The number of hydrogen-bond acceptors (Lipinski definition) is 3. The normalized spacial score (nSPS) is 22.5. The fourth-order valence-electron chi connectivity index (χ4n) is 3.03. The molecule has 0 saturated carbocycles. The molecule has 6 heteroatoms. The Balaban J connectivity index is 0.00000264. The maximum Gasteiger partial charge on any atom is 0.241 e. The molecule has 0 radical (unpaired) electrons. The second-order valence-electron chi connectivity index (χ2n) is 6.84. The van der Waals surface area contributed by atoms with Crippen molar-refractivity contribution in [1.82, 2.24) is 4.90 Å². The summed E-state index contributed by atoms with van der Waals surface area (Å²) in [5, 5.41) is 3.57. The van der Waals surface area contributed by atoms with E-state index in [4.69, 9.17) is 17.3 Å². The second-order valence-corrected chi connectivity index (χ2v) is 7.25. The molecule has 23 heavy (non-hydrogen) atoms. The van der Waals surface area contributed by atoms with E-state index in [1.807, 2.05) is 32.9 Å². The van der Waals surface area contributed by atoms with Gasteiger partial charge in [-0.3, -0.25) is 9.69 Å². The number of nitrogens with zero attached hydrogens (tertiary/aromatic N) is 1. The Morgan fingerprint density at radius 2 is 2.13 bits per heavy atom. The highest BCUT2D eigenvalue weighted by Gasteiger charge is 2.36. The highest BCUT2D eigenvalue weighted by Crippen LogP contribution is 2.31. The van der Waals surface area contributed by atoms with Crippen LogP contribution in [0.2, 0.25) is 5.02 Å². The van der Waals surface area contributed by atoms with Gasteiger partial charge in [0.05, 0.1) is 16.8 Å². The highest BCUT2D eigenvalue weighted by atomic mass is 35.5. The molecule has 2 rings (SSSR count). The predicted molar refractivity (Wildman–Crippen MR) is 99.6 cm³/mol. The van der Waals surface area contributed by atoms with Gasteiger partial charge >= 0.3 is 0 Å². The molecule has 0 aromatic heterocycles. The lowest BCUT2D eigenvalue weighted by Gasteiger charge is -2.27. The molecule has 1 heterocycles. The molecule has 1 aliphatic heterocycles. The molecule has 2 atom stereocenters. The van der Waals surface area contributed by atoms with Crippen LogP contribution >= 0.6 is 24.0 Å². The average molecular weight is 360 g/mol. The first-order chi connectivity index (χ1) is 10.3. The van der Waals surface area contributed by atoms with E-state index in [0.717, 1.165) is 30.6 Å². The Hall–Kier alpha value is -0.810. The molecule has 2 unspecified atom stereocenters. The molecular weight excluding hydrogens is 333 g/mol. The summed E-state index contributed by atoms with van der Waals surface area (Å²) in [6, 6.07) is 3.70. The van der Waals surface area contributed by atoms with E-state index >= 15 is 0 Å². The Labute approximate surface area is 150 Å². The van der Waals surface area contributed by atoms with Crippen LogP contribution in [0.5, 0.6) is 0 Å². The Morgan fingerprint density at radius 1 is 1.48 bits per heavy atom. The number of halogens is 2. The molecule has 1 aromatic carbocycles. The molecule has 0 bridgehead atoms. The van der Waals surface area contributed by atoms with Gasteiger partial charge in [0.2, 0.25) is 5.91 Å². The molecule has 4 nitrogen and oxygen atoms in total. The standard InChI is InChI=1S/C17H26ClN3O.ClH/c1-11-7-12(2)15(14(18)8-11)20-16(22)13(3)21-6-5-17(4,9-19)10-21;/h7-8,13H,5-6,9-10,19H2,1-4H3,(H,20,22);1H. The van der Waals surface area contributed by atoms with Crippen LogP contribution in [0, 0.1) is 19.3 Å². The molecule has 1 saturated heterocycles. The number of anilines is 1. The second kappa shape index (κ2) is 7.84. The lowest BCUT2D eigenvalue weighted by molar-refractivity contribution is -0.120. The van der Waals surface area contributed by atoms with E-state index in [9.17, 15) is 4.79 Å². The topological polar surface area (TPSA) is 58.4 Å². The third-order valence-corrected chi connectivity index (χ3v) is 4.99. The summed E-state index contributed by atoms with van der Waals surface area (Å²) in [5.41, 5.74) is 8.74. The zero-order chi connectivity index (χ0) is 16.5. The first-order valence-electron chi connectivity index (χ1n) is 7.77. The molecule has 1 aromatic rings. The van der Waals surface area contributed by atoms with Crippen molar-refractivity contribution >= 4 is 35.6 Å². The number of carbonyl (C=O) groups excluding carboxylic acids is 1. The molecule has 1 aliphatic rings. The summed E-state index contributed by atoms with van der Waals surface area (Å²) in [7, 11) is 0. The van der Waals surface area contributed by atoms with Gasteiger partial charge in [-0.1, -0.05) is 24.6 Å². The number of likely N-dealkylation sites (tertiary alicyclic amines) is 1. The molecule has 130 valence electrons. The summed E-state index contributed by atoms with van der Waals surface area (Å²) in [6.07, 6.45) is 1.03. The van der Waals surface area contributed by atoms with Crippen molar-refractivity contribution in [3.63, 3.8) is 0 Å². The highest BCUT2D eigenvalue weighted by molar-refractivity contribution is 6.34. The van der Waals surface area contributed by atoms with Crippen LogP contribution in [0.3, 0.4) is 0 Å². The van der Waals surface area contributed by atoms with Crippen LogP contribution in [0.25, 0.3) is 0 Å². The van der Waals surface area contributed by atoms with Gasteiger partial charge in [0.15, 0.2) is 0 Å². The van der Waals surface area contributed by atoms with Gasteiger partial charge in [-0.2, -0.15) is 0 Å². The number of aryl methyl sites for hydroxylation is 2. The maximum atomic E-state index is 12.5. The number of rotatable bonds is 4. The zero-order valence-corrected chi connectivity index (χ0v) is 15.9. The van der Waals surface area contributed by atoms with Crippen molar-refractivity contribution in [3.05, 3.63) is 28.3 Å². The van der Waals surface area contributed by atoms with Crippen molar-refractivity contribution < 1.29 is 4.79 Å². The number of amides is 1. The minimum atomic E-state index is -0.190. The van der Waals surface area contributed by atoms with Crippen molar-refractivity contribution in [3.8, 4) is 0 Å². The van der Waals surface area contributed by atoms with E-state index in [1.54, 1.807) is 0 Å². The monoisotopic (exact) mass is 359 g/mol. The van der Waals surface area contributed by atoms with Crippen molar-refractivity contribution in [2.45, 2.75) is 40.2 Å². The smallest absolute Gasteiger partial charge is 0.241 e. The SMILES string of the molecule is Cc1cc(C)c(NC(=O)C(C)N2CCC(C)(CN)C2)c(Cl)c1.Cl. The van der Waals surface area contributed by atoms with Gasteiger partial charge < -0.3 is 11.1 Å². The van der Waals surface area contributed by atoms with Crippen molar-refractivity contribution in [2.24, 2.45) is 11.1 Å². The fourth-order valence-corrected chi connectivity index (χ4v) is 3.40. The molecule has 0 aliphatic carbocycles. The van der Waals surface area contributed by atoms with E-state index < -0.39 is 0 Å². The van der Waals surface area contributed by atoms with E-state index in [-0.39, 0.29) is 29.8 Å². The molecular formula is C17H27Cl2N3O. The number of carbonyl (C=O) groups is 1. The van der Waals surface area contributed by atoms with Crippen LogP contribution in [-0.2, 0) is 4.79 Å². The Morgan fingerprint density at radius 3 is 2.65 bits per heavy atom. The summed E-state index contributed by atoms with van der Waals surface area (Å²) < 4.78 is 0. The quantitative estimate of drug-likeness (QED) is 0.866. The van der Waals surface area contributed by atoms with Gasteiger partial charge in [-0.25, -0.2) is 0 Å². The molecule has 1 fully saturated rings. The molecule has 1 amide bonds. The van der Waals surface area contributed by atoms with Crippen LogP contribution in [0.1, 0.15) is 31.4 Å². The molecule has 0 spiro atoms. The summed E-state index contributed by atoms with van der Waals surface area (Å²) >= 11 is 6.27. The van der Waals surface area contributed by atoms with E-state index in [2.05, 4.69) is 17.1 Å². The predicted octanol–water partition coefficient (Wildman–Crippen LogP) is 3.38. The van der Waals surface area contributed by atoms with E-state index in [1.165, 1.54) is 0 Å². The van der Waals surface area contributed by atoms with Crippen LogP contribution < -0.4 is 11.1 Å². The minimum absolute atomic E-state index is 0. The largest absolute Gasteiger partial charge is 0.330 e. The van der Waals surface area contributed by atoms with Crippen molar-refractivity contribution in [2.75, 3.05) is 25.0 Å². The van der Waals surface area contributed by atoms with Crippen LogP contribution in [-0.4, -0.2) is 36.5 Å². The van der Waals surface area contributed by atoms with Gasteiger partial charge in [0.1, 0.15) is 0 Å².